The molecule has 1 N–H and O–H groups in total. The maximum absolute atomic E-state index is 14.1. The normalized spacial score (nSPS) is 21.5. The molecule has 3 nitrogen and oxygen atoms in total. The maximum Gasteiger partial charge on any atom is 0.178 e. The number of hydrogen-bond donors (Lipinski definition) is 1. The second-order valence-electron chi connectivity index (χ2n) is 7.06. The van der Waals surface area contributed by atoms with Crippen molar-refractivity contribution >= 4 is 17.2 Å². The van der Waals surface area contributed by atoms with E-state index in [0.29, 0.717) is 23.2 Å². The SMILES string of the molecule is CC(=O)c1ncc(Nc2cc(C)ccc2F)c2c1C1CCC2CC1. The smallest absolute Gasteiger partial charge is 0.178 e. The molecule has 24 heavy (non-hydrogen) atoms. The molecule has 0 radical (unpaired) electrons. The Kier molecular flexibility index (Phi) is 3.63. The van der Waals surface area contributed by atoms with Crippen molar-refractivity contribution < 1.29 is 9.18 Å². The Balaban J connectivity index is 1.84. The van der Waals surface area contributed by atoms with Crippen LogP contribution in [0.15, 0.2) is 24.4 Å². The highest BCUT2D eigenvalue weighted by atomic mass is 19.1. The minimum atomic E-state index is -0.272. The highest BCUT2D eigenvalue weighted by Crippen LogP contribution is 2.52. The number of Topliss-reactive ketones (excluding diaryl/α,β-unsaturated/α-hetero) is 1. The highest BCUT2D eigenvalue weighted by Gasteiger charge is 2.37. The number of carbonyl (C=O) groups is 1. The van der Waals surface area contributed by atoms with Gasteiger partial charge >= 0.3 is 0 Å². The van der Waals surface area contributed by atoms with Crippen LogP contribution in [-0.2, 0) is 0 Å². The fourth-order valence-electron chi connectivity index (χ4n) is 4.32. The van der Waals surface area contributed by atoms with E-state index in [2.05, 4.69) is 10.3 Å². The zero-order chi connectivity index (χ0) is 16.8. The zero-order valence-electron chi connectivity index (χ0n) is 14.0. The molecular formula is C20H21FN2O. The monoisotopic (exact) mass is 324 g/mol. The number of rotatable bonds is 3. The van der Waals surface area contributed by atoms with Crippen LogP contribution >= 0.6 is 0 Å². The van der Waals surface area contributed by atoms with Crippen molar-refractivity contribution in [2.75, 3.05) is 5.32 Å². The first-order chi connectivity index (χ1) is 11.5. The minimum Gasteiger partial charge on any atom is -0.352 e. The lowest BCUT2D eigenvalue weighted by molar-refractivity contribution is 0.101. The Morgan fingerprint density at radius 2 is 1.79 bits per heavy atom. The van der Waals surface area contributed by atoms with Crippen LogP contribution < -0.4 is 5.32 Å². The number of nitrogens with one attached hydrogen (secondary N) is 1. The average molecular weight is 324 g/mol. The molecular weight excluding hydrogens is 303 g/mol. The first kappa shape index (κ1) is 15.3. The summed E-state index contributed by atoms with van der Waals surface area (Å²) in [6.07, 6.45) is 6.25. The molecule has 0 amide bonds. The van der Waals surface area contributed by atoms with Gasteiger partial charge in [-0.3, -0.25) is 9.78 Å². The number of nitrogens with zero attached hydrogens (tertiary/aromatic N) is 1. The fraction of sp³-hybridized carbons (Fsp3) is 0.400. The largest absolute Gasteiger partial charge is 0.352 e. The van der Waals surface area contributed by atoms with Crippen molar-refractivity contribution in [2.24, 2.45) is 0 Å². The predicted molar refractivity (Wildman–Crippen MR) is 92.6 cm³/mol. The number of benzene rings is 1. The van der Waals surface area contributed by atoms with Crippen LogP contribution in [-0.4, -0.2) is 10.8 Å². The molecule has 0 aliphatic heterocycles. The molecule has 0 spiro atoms. The number of fused-ring (bicyclic) bond motifs is 2. The van der Waals surface area contributed by atoms with E-state index in [0.717, 1.165) is 42.5 Å². The third-order valence-corrected chi connectivity index (χ3v) is 5.43. The lowest BCUT2D eigenvalue weighted by Crippen LogP contribution is -2.26. The summed E-state index contributed by atoms with van der Waals surface area (Å²) >= 11 is 0. The van der Waals surface area contributed by atoms with Gasteiger partial charge in [-0.05, 0) is 73.3 Å². The van der Waals surface area contributed by atoms with E-state index in [-0.39, 0.29) is 11.6 Å². The number of anilines is 2. The number of pyridine rings is 1. The molecule has 2 bridgehead atoms. The third kappa shape index (κ3) is 2.41. The molecule has 1 aromatic heterocycles. The predicted octanol–water partition coefficient (Wildman–Crippen LogP) is 5.23. The van der Waals surface area contributed by atoms with Crippen molar-refractivity contribution in [1.29, 1.82) is 0 Å². The number of carbonyl (C=O) groups excluding carboxylic acids is 1. The van der Waals surface area contributed by atoms with Gasteiger partial charge in [0.05, 0.1) is 17.6 Å². The summed E-state index contributed by atoms with van der Waals surface area (Å²) < 4.78 is 14.1. The summed E-state index contributed by atoms with van der Waals surface area (Å²) in [6.45, 7) is 3.53. The Bertz CT molecular complexity index is 823. The molecule has 4 heteroatoms. The van der Waals surface area contributed by atoms with Crippen LogP contribution in [0.5, 0.6) is 0 Å². The van der Waals surface area contributed by atoms with Crippen molar-refractivity contribution in [1.82, 2.24) is 4.98 Å². The molecule has 3 aliphatic rings. The molecule has 1 fully saturated rings. The summed E-state index contributed by atoms with van der Waals surface area (Å²) in [5, 5.41) is 3.24. The lowest BCUT2D eigenvalue weighted by Gasteiger charge is -2.40. The number of ketones is 1. The molecule has 0 saturated heterocycles. The number of aryl methyl sites for hydroxylation is 1. The van der Waals surface area contributed by atoms with Gasteiger partial charge in [-0.15, -0.1) is 0 Å². The van der Waals surface area contributed by atoms with Gasteiger partial charge < -0.3 is 5.32 Å². The zero-order valence-corrected chi connectivity index (χ0v) is 14.0. The Morgan fingerprint density at radius 1 is 1.12 bits per heavy atom. The Hall–Kier alpha value is -2.23. The van der Waals surface area contributed by atoms with Gasteiger partial charge in [0, 0.05) is 6.92 Å². The first-order valence-electron chi connectivity index (χ1n) is 8.61. The van der Waals surface area contributed by atoms with Gasteiger partial charge in [-0.25, -0.2) is 4.39 Å². The van der Waals surface area contributed by atoms with E-state index in [1.807, 2.05) is 13.0 Å². The van der Waals surface area contributed by atoms with Gasteiger partial charge in [-0.1, -0.05) is 6.07 Å². The molecule has 3 aliphatic carbocycles. The minimum absolute atomic E-state index is 0.0205. The van der Waals surface area contributed by atoms with E-state index in [1.54, 1.807) is 19.2 Å². The van der Waals surface area contributed by atoms with Gasteiger partial charge in [0.15, 0.2) is 5.78 Å². The van der Waals surface area contributed by atoms with Gasteiger partial charge in [-0.2, -0.15) is 0 Å². The number of halogens is 1. The second kappa shape index (κ2) is 5.69. The van der Waals surface area contributed by atoms with Crippen molar-refractivity contribution in [2.45, 2.75) is 51.4 Å². The molecule has 1 heterocycles. The number of aromatic nitrogens is 1. The number of hydrogen-bond acceptors (Lipinski definition) is 3. The highest BCUT2D eigenvalue weighted by molar-refractivity contribution is 5.95. The summed E-state index contributed by atoms with van der Waals surface area (Å²) in [4.78, 5) is 16.4. The molecule has 1 aromatic carbocycles. The van der Waals surface area contributed by atoms with Crippen LogP contribution in [0.1, 0.15) is 71.6 Å². The van der Waals surface area contributed by atoms with Crippen LogP contribution in [0, 0.1) is 12.7 Å². The summed E-state index contributed by atoms with van der Waals surface area (Å²) in [6, 6.07) is 5.05. The van der Waals surface area contributed by atoms with Crippen LogP contribution in [0.2, 0.25) is 0 Å². The lowest BCUT2D eigenvalue weighted by atomic mass is 9.66. The molecule has 0 atom stereocenters. The van der Waals surface area contributed by atoms with E-state index in [1.165, 1.54) is 11.6 Å². The summed E-state index contributed by atoms with van der Waals surface area (Å²) in [5.74, 6) is 0.611. The average Bonchev–Trinajstić information content (AvgIpc) is 2.59. The van der Waals surface area contributed by atoms with Gasteiger partial charge in [0.2, 0.25) is 0 Å². The van der Waals surface area contributed by atoms with Crippen molar-refractivity contribution in [3.8, 4) is 0 Å². The topological polar surface area (TPSA) is 42.0 Å². The van der Waals surface area contributed by atoms with Gasteiger partial charge in [0.1, 0.15) is 11.5 Å². The standard InChI is InChI=1S/C20H21FN2O/c1-11-3-8-15(21)16(9-11)23-17-10-22-20(12(2)24)19-14-6-4-13(5-7-14)18(17)19/h3,8-10,13-14,23H,4-7H2,1-2H3. The molecule has 0 unspecified atom stereocenters. The molecule has 124 valence electrons. The molecule has 1 saturated carbocycles. The van der Waals surface area contributed by atoms with Gasteiger partial charge in [0.25, 0.3) is 0 Å². The van der Waals surface area contributed by atoms with Crippen LogP contribution in [0.4, 0.5) is 15.8 Å². The Labute approximate surface area is 141 Å². The third-order valence-electron chi connectivity index (χ3n) is 5.43. The van der Waals surface area contributed by atoms with Crippen LogP contribution in [0.3, 0.4) is 0 Å². The van der Waals surface area contributed by atoms with Crippen LogP contribution in [0.25, 0.3) is 0 Å². The Morgan fingerprint density at radius 3 is 2.46 bits per heavy atom. The van der Waals surface area contributed by atoms with E-state index >= 15 is 0 Å². The fourth-order valence-corrected chi connectivity index (χ4v) is 4.32. The summed E-state index contributed by atoms with van der Waals surface area (Å²) in [7, 11) is 0. The maximum atomic E-state index is 14.1. The molecule has 2 aromatic rings. The van der Waals surface area contributed by atoms with E-state index in [9.17, 15) is 9.18 Å². The summed E-state index contributed by atoms with van der Waals surface area (Å²) in [5.41, 5.74) is 5.24. The first-order valence-corrected chi connectivity index (χ1v) is 8.61. The van der Waals surface area contributed by atoms with Crippen molar-refractivity contribution in [3.05, 3.63) is 52.6 Å². The quantitative estimate of drug-likeness (QED) is 0.786. The molecule has 5 rings (SSSR count). The van der Waals surface area contributed by atoms with E-state index < -0.39 is 0 Å². The van der Waals surface area contributed by atoms with Crippen molar-refractivity contribution in [3.63, 3.8) is 0 Å². The second-order valence-corrected chi connectivity index (χ2v) is 7.06. The van der Waals surface area contributed by atoms with E-state index in [4.69, 9.17) is 0 Å².